The maximum Gasteiger partial charge on any atom is 0.316 e. The zero-order chi connectivity index (χ0) is 12.6. The van der Waals surface area contributed by atoms with Crippen LogP contribution >= 0.6 is 46.4 Å². The maximum absolute atomic E-state index is 11.0. The van der Waals surface area contributed by atoms with Crippen molar-refractivity contribution in [3.05, 3.63) is 12.7 Å². The van der Waals surface area contributed by atoms with Gasteiger partial charge in [0.05, 0.1) is 5.38 Å². The molecule has 0 rings (SSSR count). The zero-order valence-electron chi connectivity index (χ0n) is 8.84. The highest BCUT2D eigenvalue weighted by atomic mass is 35.5. The van der Waals surface area contributed by atoms with Crippen LogP contribution < -0.4 is 0 Å². The molecule has 0 aliphatic carbocycles. The largest absolute Gasteiger partial charge is 0.327 e. The number of halogens is 4. The molecule has 2 nitrogen and oxygen atoms in total. The van der Waals surface area contributed by atoms with E-state index < -0.39 is 5.37 Å². The van der Waals surface area contributed by atoms with E-state index in [9.17, 15) is 4.79 Å². The van der Waals surface area contributed by atoms with Crippen LogP contribution in [0.4, 0.5) is 4.79 Å². The smallest absolute Gasteiger partial charge is 0.316 e. The van der Waals surface area contributed by atoms with Crippen molar-refractivity contribution in [2.75, 3.05) is 19.0 Å². The van der Waals surface area contributed by atoms with E-state index in [0.717, 1.165) is 0 Å². The predicted octanol–water partition coefficient (Wildman–Crippen LogP) is 4.07. The van der Waals surface area contributed by atoms with Crippen LogP contribution in [0.3, 0.4) is 0 Å². The molecule has 0 aromatic carbocycles. The Morgan fingerprint density at radius 1 is 1.38 bits per heavy atom. The van der Waals surface area contributed by atoms with Crippen LogP contribution in [-0.4, -0.2) is 40.0 Å². The molecule has 0 fully saturated rings. The third-order valence-corrected chi connectivity index (χ3v) is 3.04. The molecule has 16 heavy (non-hydrogen) atoms. The molecule has 0 aliphatic rings. The molecule has 0 spiro atoms. The first-order valence-corrected chi connectivity index (χ1v) is 6.69. The molecule has 94 valence electrons. The minimum atomic E-state index is -0.541. The molecular weight excluding hydrogens is 292 g/mol. The number of carbonyl (C=O) groups excluding carboxylic acids is 1. The molecule has 2 atom stereocenters. The van der Waals surface area contributed by atoms with E-state index in [-0.39, 0.29) is 10.8 Å². The van der Waals surface area contributed by atoms with Gasteiger partial charge in [0.15, 0.2) is 0 Å². The lowest BCUT2D eigenvalue weighted by Crippen LogP contribution is -2.34. The standard InChI is InChI=1S/C10H15Cl4NO/c1-2-3-8(12)6-9(13)7-15(5-4-11)10(14)16/h2,8-9H,1,3-7H2. The van der Waals surface area contributed by atoms with Gasteiger partial charge in [-0.1, -0.05) is 6.08 Å². The molecule has 1 amide bonds. The van der Waals surface area contributed by atoms with Gasteiger partial charge in [0.1, 0.15) is 0 Å². The molecule has 0 N–H and O–H groups in total. The highest BCUT2D eigenvalue weighted by molar-refractivity contribution is 6.62. The Morgan fingerprint density at radius 2 is 2.00 bits per heavy atom. The molecule has 0 heterocycles. The molecule has 2 unspecified atom stereocenters. The fourth-order valence-electron chi connectivity index (χ4n) is 1.22. The number of rotatable bonds is 8. The first-order valence-electron chi connectivity index (χ1n) is 4.90. The molecule has 0 saturated carbocycles. The zero-order valence-corrected chi connectivity index (χ0v) is 11.9. The second-order valence-electron chi connectivity index (χ2n) is 3.34. The molecule has 6 heteroatoms. The molecular formula is C10H15Cl4NO. The Bertz CT molecular complexity index is 225. The van der Waals surface area contributed by atoms with Crippen LogP contribution in [0.1, 0.15) is 12.8 Å². The van der Waals surface area contributed by atoms with Gasteiger partial charge in [-0.25, -0.2) is 0 Å². The molecule has 0 radical (unpaired) electrons. The van der Waals surface area contributed by atoms with Crippen molar-refractivity contribution in [1.82, 2.24) is 4.90 Å². The summed E-state index contributed by atoms with van der Waals surface area (Å²) < 4.78 is 0. The third kappa shape index (κ3) is 7.61. The van der Waals surface area contributed by atoms with Gasteiger partial charge in [0.2, 0.25) is 0 Å². The predicted molar refractivity (Wildman–Crippen MR) is 72.3 cm³/mol. The van der Waals surface area contributed by atoms with Gasteiger partial charge in [-0.05, 0) is 24.4 Å². The lowest BCUT2D eigenvalue weighted by atomic mass is 10.1. The van der Waals surface area contributed by atoms with Gasteiger partial charge in [-0.15, -0.1) is 41.4 Å². The Labute approximate surface area is 116 Å². The number of nitrogens with zero attached hydrogens (tertiary/aromatic N) is 1. The summed E-state index contributed by atoms with van der Waals surface area (Å²) in [6, 6.07) is 0. The minimum Gasteiger partial charge on any atom is -0.327 e. The molecule has 0 aromatic heterocycles. The van der Waals surface area contributed by atoms with E-state index in [1.54, 1.807) is 6.08 Å². The Balaban J connectivity index is 4.03. The van der Waals surface area contributed by atoms with Crippen molar-refractivity contribution in [2.45, 2.75) is 23.6 Å². The summed E-state index contributed by atoms with van der Waals surface area (Å²) in [5.74, 6) is 0.332. The summed E-state index contributed by atoms with van der Waals surface area (Å²) in [6.07, 6.45) is 3.03. The third-order valence-electron chi connectivity index (χ3n) is 1.96. The SMILES string of the molecule is C=CCC(Cl)CC(Cl)CN(CCCl)C(=O)Cl. The molecule has 0 aliphatic heterocycles. The summed E-state index contributed by atoms with van der Waals surface area (Å²) in [5, 5.41) is -0.835. The normalized spacial score (nSPS) is 14.2. The van der Waals surface area contributed by atoms with Crippen LogP contribution in [0.2, 0.25) is 0 Å². The van der Waals surface area contributed by atoms with Crippen molar-refractivity contribution < 1.29 is 4.79 Å². The van der Waals surface area contributed by atoms with Crippen LogP contribution in [0.15, 0.2) is 12.7 Å². The Kier molecular flexibility index (Phi) is 9.62. The second-order valence-corrected chi connectivity index (χ2v) is 5.28. The van der Waals surface area contributed by atoms with Crippen molar-refractivity contribution in [3.63, 3.8) is 0 Å². The Hall–Kier alpha value is 0.370. The van der Waals surface area contributed by atoms with E-state index in [1.807, 2.05) is 0 Å². The second kappa shape index (κ2) is 9.41. The highest BCUT2D eigenvalue weighted by Gasteiger charge is 2.17. The first kappa shape index (κ1) is 16.4. The summed E-state index contributed by atoms with van der Waals surface area (Å²) in [4.78, 5) is 12.4. The quantitative estimate of drug-likeness (QED) is 0.286. The average molecular weight is 307 g/mol. The van der Waals surface area contributed by atoms with Gasteiger partial charge in [0, 0.05) is 24.3 Å². The van der Waals surface area contributed by atoms with Crippen LogP contribution in [0, 0.1) is 0 Å². The van der Waals surface area contributed by atoms with E-state index in [1.165, 1.54) is 4.90 Å². The fraction of sp³-hybridized carbons (Fsp3) is 0.700. The van der Waals surface area contributed by atoms with Gasteiger partial charge < -0.3 is 4.90 Å². The van der Waals surface area contributed by atoms with Crippen molar-refractivity contribution in [3.8, 4) is 0 Å². The monoisotopic (exact) mass is 305 g/mol. The maximum atomic E-state index is 11.0. The molecule has 0 bridgehead atoms. The lowest BCUT2D eigenvalue weighted by Gasteiger charge is -2.22. The van der Waals surface area contributed by atoms with E-state index >= 15 is 0 Å². The van der Waals surface area contributed by atoms with Crippen LogP contribution in [0.25, 0.3) is 0 Å². The number of alkyl halides is 3. The number of allylic oxidation sites excluding steroid dienone is 1. The van der Waals surface area contributed by atoms with Gasteiger partial charge in [-0.3, -0.25) is 4.79 Å². The van der Waals surface area contributed by atoms with Crippen LogP contribution in [0.5, 0.6) is 0 Å². The van der Waals surface area contributed by atoms with Gasteiger partial charge >= 0.3 is 5.37 Å². The van der Waals surface area contributed by atoms with Crippen molar-refractivity contribution in [2.24, 2.45) is 0 Å². The van der Waals surface area contributed by atoms with Crippen molar-refractivity contribution >= 4 is 51.8 Å². The lowest BCUT2D eigenvalue weighted by molar-refractivity contribution is 0.224. The highest BCUT2D eigenvalue weighted by Crippen LogP contribution is 2.16. The van der Waals surface area contributed by atoms with E-state index in [0.29, 0.717) is 31.8 Å². The van der Waals surface area contributed by atoms with Gasteiger partial charge in [0.25, 0.3) is 0 Å². The van der Waals surface area contributed by atoms with Crippen molar-refractivity contribution in [1.29, 1.82) is 0 Å². The van der Waals surface area contributed by atoms with Gasteiger partial charge in [-0.2, -0.15) is 0 Å². The number of hydrogen-bond donors (Lipinski definition) is 0. The average Bonchev–Trinajstić information content (AvgIpc) is 2.16. The number of carbonyl (C=O) groups is 1. The molecule has 0 saturated heterocycles. The van der Waals surface area contributed by atoms with Crippen LogP contribution in [-0.2, 0) is 0 Å². The van der Waals surface area contributed by atoms with E-state index in [4.69, 9.17) is 46.4 Å². The topological polar surface area (TPSA) is 20.3 Å². The van der Waals surface area contributed by atoms with E-state index in [2.05, 4.69) is 6.58 Å². The summed E-state index contributed by atoms with van der Waals surface area (Å²) in [5.41, 5.74) is 0. The molecule has 0 aromatic rings. The number of amides is 1. The minimum absolute atomic E-state index is 0.0664. The first-order chi connectivity index (χ1) is 7.51. The fourth-order valence-corrected chi connectivity index (χ4v) is 2.39. The summed E-state index contributed by atoms with van der Waals surface area (Å²) in [7, 11) is 0. The number of hydrogen-bond acceptors (Lipinski definition) is 1. The summed E-state index contributed by atoms with van der Waals surface area (Å²) in [6.45, 7) is 4.34. The Morgan fingerprint density at radius 3 is 2.44 bits per heavy atom. The summed E-state index contributed by atoms with van der Waals surface area (Å²) >= 11 is 23.0.